The van der Waals surface area contributed by atoms with Gasteiger partial charge in [-0.05, 0) is 76.4 Å². The van der Waals surface area contributed by atoms with E-state index in [9.17, 15) is 9.59 Å². The largest absolute Gasteiger partial charge is 0.492 e. The van der Waals surface area contributed by atoms with Gasteiger partial charge in [0.05, 0.1) is 6.54 Å². The smallest absolute Gasteiger partial charge is 0.260 e. The summed E-state index contributed by atoms with van der Waals surface area (Å²) in [5.74, 6) is 1.19. The summed E-state index contributed by atoms with van der Waals surface area (Å²) in [6, 6.07) is 15.1. The van der Waals surface area contributed by atoms with E-state index in [1.54, 1.807) is 24.3 Å². The first-order valence-electron chi connectivity index (χ1n) is 11.0. The predicted molar refractivity (Wildman–Crippen MR) is 121 cm³/mol. The van der Waals surface area contributed by atoms with Crippen molar-refractivity contribution in [3.8, 4) is 11.5 Å². The van der Waals surface area contributed by atoms with Crippen LogP contribution in [-0.4, -0.2) is 48.6 Å². The number of aryl methyl sites for hydroxylation is 1. The number of amides is 2. The van der Waals surface area contributed by atoms with Gasteiger partial charge in [0.2, 0.25) is 0 Å². The normalized spacial score (nSPS) is 18.4. The number of rotatable bonds is 8. The highest BCUT2D eigenvalue weighted by molar-refractivity contribution is 5.94. The maximum atomic E-state index is 12.6. The lowest BCUT2D eigenvalue weighted by Gasteiger charge is -2.38. The van der Waals surface area contributed by atoms with Crippen LogP contribution in [0.2, 0.25) is 0 Å². The molecular formula is C25H32N2O4. The van der Waals surface area contributed by atoms with Gasteiger partial charge in [0.15, 0.2) is 6.61 Å². The Morgan fingerprint density at radius 3 is 2.16 bits per heavy atom. The van der Waals surface area contributed by atoms with Crippen LogP contribution in [0.15, 0.2) is 48.5 Å². The lowest BCUT2D eigenvalue weighted by Crippen LogP contribution is -2.49. The summed E-state index contributed by atoms with van der Waals surface area (Å²) in [6.45, 7) is 7.01. The van der Waals surface area contributed by atoms with Crippen molar-refractivity contribution in [1.29, 1.82) is 0 Å². The van der Waals surface area contributed by atoms with Gasteiger partial charge in [0.25, 0.3) is 11.8 Å². The van der Waals surface area contributed by atoms with E-state index in [0.29, 0.717) is 24.5 Å². The van der Waals surface area contributed by atoms with Crippen LogP contribution in [0.5, 0.6) is 11.5 Å². The molecule has 2 atom stereocenters. The molecule has 0 spiro atoms. The predicted octanol–water partition coefficient (Wildman–Crippen LogP) is 3.97. The third-order valence-electron chi connectivity index (χ3n) is 5.64. The van der Waals surface area contributed by atoms with E-state index in [1.807, 2.05) is 36.1 Å². The summed E-state index contributed by atoms with van der Waals surface area (Å²) < 4.78 is 11.3. The van der Waals surface area contributed by atoms with Crippen LogP contribution in [0.4, 0.5) is 0 Å². The standard InChI is InChI=1S/C25H32N2O4/c1-18-7-11-22(12-8-18)30-16-15-26-25(29)21-9-13-23(14-10-21)31-17-24(28)27-19(2)5-4-6-20(27)3/h7-14,19-20H,4-6,15-17H2,1-3H3,(H,26,29). The quantitative estimate of drug-likeness (QED) is 0.651. The molecule has 6 nitrogen and oxygen atoms in total. The van der Waals surface area contributed by atoms with Crippen molar-refractivity contribution in [2.45, 2.75) is 52.1 Å². The summed E-state index contributed by atoms with van der Waals surface area (Å²) in [5, 5.41) is 2.84. The molecule has 0 radical (unpaired) electrons. The van der Waals surface area contributed by atoms with Crippen LogP contribution in [0.25, 0.3) is 0 Å². The lowest BCUT2D eigenvalue weighted by atomic mass is 9.97. The Bertz CT molecular complexity index is 854. The molecule has 2 aromatic rings. The third-order valence-corrected chi connectivity index (χ3v) is 5.64. The van der Waals surface area contributed by atoms with Gasteiger partial charge in [-0.1, -0.05) is 17.7 Å². The number of nitrogens with zero attached hydrogens (tertiary/aromatic N) is 1. The Hall–Kier alpha value is -3.02. The van der Waals surface area contributed by atoms with Crippen molar-refractivity contribution in [2.24, 2.45) is 0 Å². The van der Waals surface area contributed by atoms with E-state index in [4.69, 9.17) is 9.47 Å². The summed E-state index contributed by atoms with van der Waals surface area (Å²) in [6.07, 6.45) is 3.24. The van der Waals surface area contributed by atoms with Gasteiger partial charge in [-0.2, -0.15) is 0 Å². The van der Waals surface area contributed by atoms with Crippen molar-refractivity contribution in [3.63, 3.8) is 0 Å². The van der Waals surface area contributed by atoms with E-state index in [2.05, 4.69) is 19.2 Å². The van der Waals surface area contributed by atoms with Crippen LogP contribution in [0.1, 0.15) is 49.0 Å². The maximum Gasteiger partial charge on any atom is 0.260 e. The topological polar surface area (TPSA) is 67.9 Å². The molecule has 3 rings (SSSR count). The molecule has 6 heteroatoms. The Balaban J connectivity index is 1.41. The van der Waals surface area contributed by atoms with Gasteiger partial charge in [0.1, 0.15) is 18.1 Å². The first-order chi connectivity index (χ1) is 14.9. The molecular weight excluding hydrogens is 392 g/mol. The number of nitrogens with one attached hydrogen (secondary N) is 1. The summed E-state index contributed by atoms with van der Waals surface area (Å²) >= 11 is 0. The number of hydrogen-bond acceptors (Lipinski definition) is 4. The van der Waals surface area contributed by atoms with Crippen LogP contribution in [0.3, 0.4) is 0 Å². The molecule has 0 aromatic heterocycles. The second-order valence-corrected chi connectivity index (χ2v) is 8.16. The number of benzene rings is 2. The third kappa shape index (κ3) is 6.48. The van der Waals surface area contributed by atoms with Crippen LogP contribution in [0, 0.1) is 6.92 Å². The first-order valence-corrected chi connectivity index (χ1v) is 11.0. The molecule has 0 bridgehead atoms. The van der Waals surface area contributed by atoms with Crippen molar-refractivity contribution >= 4 is 11.8 Å². The zero-order chi connectivity index (χ0) is 22.2. The maximum absolute atomic E-state index is 12.6. The average Bonchev–Trinajstić information content (AvgIpc) is 2.76. The number of carbonyl (C=O) groups excluding carboxylic acids is 2. The van der Waals surface area contributed by atoms with Gasteiger partial charge >= 0.3 is 0 Å². The number of ether oxygens (including phenoxy) is 2. The van der Waals surface area contributed by atoms with E-state index in [1.165, 1.54) is 5.56 Å². The Kier molecular flexibility index (Phi) is 7.93. The van der Waals surface area contributed by atoms with E-state index in [-0.39, 0.29) is 30.5 Å². The molecule has 2 amide bonds. The lowest BCUT2D eigenvalue weighted by molar-refractivity contribution is -0.139. The summed E-state index contributed by atoms with van der Waals surface area (Å²) in [5.41, 5.74) is 1.71. The average molecular weight is 425 g/mol. The zero-order valence-corrected chi connectivity index (χ0v) is 18.6. The van der Waals surface area contributed by atoms with Crippen LogP contribution < -0.4 is 14.8 Å². The first kappa shape index (κ1) is 22.7. The van der Waals surface area contributed by atoms with Gasteiger partial charge in [-0.3, -0.25) is 9.59 Å². The zero-order valence-electron chi connectivity index (χ0n) is 18.6. The highest BCUT2D eigenvalue weighted by atomic mass is 16.5. The molecule has 31 heavy (non-hydrogen) atoms. The SMILES string of the molecule is Cc1ccc(OCCNC(=O)c2ccc(OCC(=O)N3C(C)CCCC3C)cc2)cc1. The van der Waals surface area contributed by atoms with Crippen molar-refractivity contribution in [3.05, 3.63) is 59.7 Å². The summed E-state index contributed by atoms with van der Waals surface area (Å²) in [4.78, 5) is 26.8. The minimum atomic E-state index is -0.175. The highest BCUT2D eigenvalue weighted by Gasteiger charge is 2.28. The molecule has 166 valence electrons. The minimum Gasteiger partial charge on any atom is -0.492 e. The molecule has 1 saturated heterocycles. The Labute approximate surface area is 184 Å². The molecule has 2 unspecified atom stereocenters. The minimum absolute atomic E-state index is 0.00935. The van der Waals surface area contributed by atoms with E-state index >= 15 is 0 Å². The number of piperidine rings is 1. The molecule has 1 N–H and O–H groups in total. The van der Waals surface area contributed by atoms with Crippen LogP contribution in [-0.2, 0) is 4.79 Å². The Morgan fingerprint density at radius 1 is 0.935 bits per heavy atom. The van der Waals surface area contributed by atoms with Gasteiger partial charge in [-0.15, -0.1) is 0 Å². The molecule has 0 aliphatic carbocycles. The van der Waals surface area contributed by atoms with Gasteiger partial charge in [-0.25, -0.2) is 0 Å². The molecule has 1 aliphatic rings. The van der Waals surface area contributed by atoms with E-state index < -0.39 is 0 Å². The van der Waals surface area contributed by atoms with Crippen molar-refractivity contribution in [1.82, 2.24) is 10.2 Å². The molecule has 1 aliphatic heterocycles. The fourth-order valence-corrected chi connectivity index (χ4v) is 3.91. The molecule has 1 fully saturated rings. The fraction of sp³-hybridized carbons (Fsp3) is 0.440. The number of likely N-dealkylation sites (tertiary alicyclic amines) is 1. The monoisotopic (exact) mass is 424 g/mol. The van der Waals surface area contributed by atoms with E-state index in [0.717, 1.165) is 25.0 Å². The molecule has 2 aromatic carbocycles. The second-order valence-electron chi connectivity index (χ2n) is 8.16. The molecule has 0 saturated carbocycles. The fourth-order valence-electron chi connectivity index (χ4n) is 3.91. The van der Waals surface area contributed by atoms with Crippen molar-refractivity contribution < 1.29 is 19.1 Å². The summed E-state index contributed by atoms with van der Waals surface area (Å²) in [7, 11) is 0. The van der Waals surface area contributed by atoms with Crippen molar-refractivity contribution in [2.75, 3.05) is 19.8 Å². The number of carbonyl (C=O) groups is 2. The van der Waals surface area contributed by atoms with Gasteiger partial charge < -0.3 is 19.7 Å². The van der Waals surface area contributed by atoms with Crippen LogP contribution >= 0.6 is 0 Å². The number of hydrogen-bond donors (Lipinski definition) is 1. The highest BCUT2D eigenvalue weighted by Crippen LogP contribution is 2.23. The van der Waals surface area contributed by atoms with Gasteiger partial charge in [0, 0.05) is 17.6 Å². The second kappa shape index (κ2) is 10.8. The Morgan fingerprint density at radius 2 is 1.52 bits per heavy atom. The molecule has 1 heterocycles.